The molecule has 130 valence electrons. The van der Waals surface area contributed by atoms with Crippen LogP contribution in [0.15, 0.2) is 71.2 Å². The minimum Gasteiger partial charge on any atom is -0.452 e. The quantitative estimate of drug-likeness (QED) is 0.543. The molecule has 7 heteroatoms. The van der Waals surface area contributed by atoms with E-state index in [-0.39, 0.29) is 11.9 Å². The Morgan fingerprint density at radius 3 is 2.42 bits per heavy atom. The molecule has 0 atom stereocenters. The number of rotatable bonds is 6. The molecule has 0 aliphatic heterocycles. The summed E-state index contributed by atoms with van der Waals surface area (Å²) in [5.41, 5.74) is 1.59. The SMILES string of the molecule is O=C(COC(=O)/C=C/c1ccccc1)Nc1nnc(-c2ccccc2)o1. The summed E-state index contributed by atoms with van der Waals surface area (Å²) >= 11 is 0. The monoisotopic (exact) mass is 349 g/mol. The van der Waals surface area contributed by atoms with Crippen LogP contribution in [0.4, 0.5) is 6.01 Å². The summed E-state index contributed by atoms with van der Waals surface area (Å²) in [5, 5.41) is 9.96. The van der Waals surface area contributed by atoms with E-state index < -0.39 is 18.5 Å². The number of ether oxygens (including phenoxy) is 1. The van der Waals surface area contributed by atoms with Gasteiger partial charge in [-0.3, -0.25) is 10.1 Å². The maximum Gasteiger partial charge on any atom is 0.331 e. The van der Waals surface area contributed by atoms with E-state index in [2.05, 4.69) is 15.5 Å². The highest BCUT2D eigenvalue weighted by molar-refractivity contribution is 5.93. The van der Waals surface area contributed by atoms with Crippen molar-refractivity contribution in [3.05, 3.63) is 72.3 Å². The average Bonchev–Trinajstić information content (AvgIpc) is 3.15. The smallest absolute Gasteiger partial charge is 0.331 e. The zero-order valence-corrected chi connectivity index (χ0v) is 13.7. The molecular weight excluding hydrogens is 334 g/mol. The largest absolute Gasteiger partial charge is 0.452 e. The van der Waals surface area contributed by atoms with Crippen LogP contribution >= 0.6 is 0 Å². The first-order chi connectivity index (χ1) is 12.7. The maximum atomic E-state index is 11.8. The molecule has 0 saturated heterocycles. The number of amides is 1. The van der Waals surface area contributed by atoms with Crippen LogP contribution < -0.4 is 5.32 Å². The summed E-state index contributed by atoms with van der Waals surface area (Å²) in [6, 6.07) is 18.3. The average molecular weight is 349 g/mol. The molecule has 0 saturated carbocycles. The summed E-state index contributed by atoms with van der Waals surface area (Å²) in [4.78, 5) is 23.4. The zero-order chi connectivity index (χ0) is 18.2. The van der Waals surface area contributed by atoms with E-state index in [4.69, 9.17) is 9.15 Å². The number of hydrogen-bond donors (Lipinski definition) is 1. The van der Waals surface area contributed by atoms with Crippen molar-refractivity contribution >= 4 is 24.0 Å². The molecule has 26 heavy (non-hydrogen) atoms. The lowest BCUT2D eigenvalue weighted by atomic mass is 10.2. The molecule has 1 heterocycles. The third kappa shape index (κ3) is 4.88. The van der Waals surface area contributed by atoms with Crippen LogP contribution in [0.1, 0.15) is 5.56 Å². The highest BCUT2D eigenvalue weighted by Crippen LogP contribution is 2.18. The maximum absolute atomic E-state index is 11.8. The van der Waals surface area contributed by atoms with Gasteiger partial charge in [0, 0.05) is 11.6 Å². The van der Waals surface area contributed by atoms with Crippen molar-refractivity contribution in [2.24, 2.45) is 0 Å². The van der Waals surface area contributed by atoms with Crippen molar-refractivity contribution in [2.45, 2.75) is 0 Å². The predicted octanol–water partition coefficient (Wildman–Crippen LogP) is 2.93. The Labute approximate surface area is 149 Å². The van der Waals surface area contributed by atoms with Crippen molar-refractivity contribution in [1.82, 2.24) is 10.2 Å². The Bertz CT molecular complexity index is 905. The van der Waals surface area contributed by atoms with Crippen LogP contribution in [0, 0.1) is 0 Å². The molecule has 0 fully saturated rings. The summed E-state index contributed by atoms with van der Waals surface area (Å²) < 4.78 is 10.2. The van der Waals surface area contributed by atoms with Crippen LogP contribution in [0.5, 0.6) is 0 Å². The van der Waals surface area contributed by atoms with E-state index in [9.17, 15) is 9.59 Å². The van der Waals surface area contributed by atoms with Gasteiger partial charge in [0.05, 0.1) is 0 Å². The molecule has 3 aromatic rings. The van der Waals surface area contributed by atoms with E-state index in [0.29, 0.717) is 0 Å². The third-order valence-corrected chi connectivity index (χ3v) is 3.25. The van der Waals surface area contributed by atoms with Gasteiger partial charge in [-0.25, -0.2) is 4.79 Å². The summed E-state index contributed by atoms with van der Waals surface area (Å²) in [5.74, 6) is -0.919. The van der Waals surface area contributed by atoms with Gasteiger partial charge in [0.25, 0.3) is 5.91 Å². The van der Waals surface area contributed by atoms with Gasteiger partial charge < -0.3 is 9.15 Å². The molecule has 3 rings (SSSR count). The summed E-state index contributed by atoms with van der Waals surface area (Å²) in [7, 11) is 0. The Kier molecular flexibility index (Phi) is 5.51. The van der Waals surface area contributed by atoms with Crippen LogP contribution in [0.2, 0.25) is 0 Å². The molecule has 0 radical (unpaired) electrons. The minimum atomic E-state index is -0.625. The number of esters is 1. The van der Waals surface area contributed by atoms with Gasteiger partial charge in [-0.05, 0) is 23.8 Å². The van der Waals surface area contributed by atoms with Crippen molar-refractivity contribution < 1.29 is 18.7 Å². The van der Waals surface area contributed by atoms with Crippen molar-refractivity contribution in [3.8, 4) is 11.5 Å². The van der Waals surface area contributed by atoms with E-state index in [1.165, 1.54) is 6.08 Å². The molecule has 0 bridgehead atoms. The minimum absolute atomic E-state index is 0.0651. The van der Waals surface area contributed by atoms with Gasteiger partial charge in [-0.1, -0.05) is 53.6 Å². The second-order valence-corrected chi connectivity index (χ2v) is 5.18. The third-order valence-electron chi connectivity index (χ3n) is 3.25. The highest BCUT2D eigenvalue weighted by atomic mass is 16.5. The van der Waals surface area contributed by atoms with Crippen molar-refractivity contribution in [2.75, 3.05) is 11.9 Å². The van der Waals surface area contributed by atoms with Crippen molar-refractivity contribution in [3.63, 3.8) is 0 Å². The number of nitrogens with zero attached hydrogens (tertiary/aromatic N) is 2. The number of carbonyl (C=O) groups is 2. The Balaban J connectivity index is 1.48. The molecule has 2 aromatic carbocycles. The summed E-state index contributed by atoms with van der Waals surface area (Å²) in [6.45, 7) is -0.457. The topological polar surface area (TPSA) is 94.3 Å². The van der Waals surface area contributed by atoms with Gasteiger partial charge in [0.1, 0.15) is 0 Å². The van der Waals surface area contributed by atoms with Gasteiger partial charge in [-0.2, -0.15) is 0 Å². The molecule has 0 aliphatic carbocycles. The fraction of sp³-hybridized carbons (Fsp3) is 0.0526. The predicted molar refractivity (Wildman–Crippen MR) is 94.8 cm³/mol. The normalized spacial score (nSPS) is 10.6. The van der Waals surface area contributed by atoms with Gasteiger partial charge in [0.15, 0.2) is 6.61 Å². The molecule has 1 amide bonds. The van der Waals surface area contributed by atoms with E-state index in [1.807, 2.05) is 48.5 Å². The lowest BCUT2D eigenvalue weighted by molar-refractivity contribution is -0.142. The Morgan fingerprint density at radius 2 is 1.69 bits per heavy atom. The fourth-order valence-electron chi connectivity index (χ4n) is 2.04. The number of benzene rings is 2. The van der Waals surface area contributed by atoms with Crippen molar-refractivity contribution in [1.29, 1.82) is 0 Å². The first-order valence-electron chi connectivity index (χ1n) is 7.79. The molecule has 1 aromatic heterocycles. The second-order valence-electron chi connectivity index (χ2n) is 5.18. The van der Waals surface area contributed by atoms with E-state index >= 15 is 0 Å². The standard InChI is InChI=1S/C19H15N3O4/c23-16(13-25-17(24)12-11-14-7-3-1-4-8-14)20-19-22-21-18(26-19)15-9-5-2-6-10-15/h1-12H,13H2,(H,20,22,23)/b12-11+. The second kappa shape index (κ2) is 8.39. The number of aromatic nitrogens is 2. The summed E-state index contributed by atoms with van der Waals surface area (Å²) in [6.07, 6.45) is 2.85. The number of carbonyl (C=O) groups excluding carboxylic acids is 2. The first-order valence-corrected chi connectivity index (χ1v) is 7.79. The lowest BCUT2D eigenvalue weighted by Gasteiger charge is -2.01. The van der Waals surface area contributed by atoms with Gasteiger partial charge in [-0.15, -0.1) is 5.10 Å². The first kappa shape index (κ1) is 17.1. The Hall–Kier alpha value is -3.74. The van der Waals surface area contributed by atoms with Crippen LogP contribution in [0.25, 0.3) is 17.5 Å². The molecule has 0 unspecified atom stereocenters. The molecule has 1 N–H and O–H groups in total. The van der Waals surface area contributed by atoms with Crippen LogP contribution in [0.3, 0.4) is 0 Å². The highest BCUT2D eigenvalue weighted by Gasteiger charge is 2.12. The van der Waals surface area contributed by atoms with Gasteiger partial charge in [0.2, 0.25) is 5.89 Å². The Morgan fingerprint density at radius 1 is 1.00 bits per heavy atom. The van der Waals surface area contributed by atoms with Crippen LogP contribution in [-0.4, -0.2) is 28.7 Å². The fourth-order valence-corrected chi connectivity index (χ4v) is 2.04. The van der Waals surface area contributed by atoms with Gasteiger partial charge >= 0.3 is 12.0 Å². The molecular formula is C19H15N3O4. The molecule has 0 spiro atoms. The zero-order valence-electron chi connectivity index (χ0n) is 13.7. The lowest BCUT2D eigenvalue weighted by Crippen LogP contribution is -2.20. The van der Waals surface area contributed by atoms with E-state index in [0.717, 1.165) is 11.1 Å². The van der Waals surface area contributed by atoms with E-state index in [1.54, 1.807) is 18.2 Å². The number of hydrogen-bond acceptors (Lipinski definition) is 6. The number of anilines is 1. The molecule has 7 nitrogen and oxygen atoms in total. The molecule has 0 aliphatic rings. The van der Waals surface area contributed by atoms with Crippen LogP contribution in [-0.2, 0) is 14.3 Å². The number of nitrogens with one attached hydrogen (secondary N) is 1.